The van der Waals surface area contributed by atoms with Crippen molar-refractivity contribution in [3.8, 4) is 6.07 Å². The Balaban J connectivity index is 2.02. The summed E-state index contributed by atoms with van der Waals surface area (Å²) >= 11 is 1.93. The first-order valence-corrected chi connectivity index (χ1v) is 7.88. The largest absolute Gasteiger partial charge is 0.324 e. The zero-order valence-corrected chi connectivity index (χ0v) is 12.6. The molecule has 0 aliphatic carbocycles. The predicted molar refractivity (Wildman–Crippen MR) is 82.7 cm³/mol. The van der Waals surface area contributed by atoms with Gasteiger partial charge in [-0.25, -0.2) is 0 Å². The van der Waals surface area contributed by atoms with Gasteiger partial charge in [-0.2, -0.15) is 17.0 Å². The van der Waals surface area contributed by atoms with Gasteiger partial charge in [0.2, 0.25) is 5.91 Å². The average molecular weight is 289 g/mol. The van der Waals surface area contributed by atoms with Crippen molar-refractivity contribution in [2.75, 3.05) is 23.9 Å². The van der Waals surface area contributed by atoms with Gasteiger partial charge in [0.1, 0.15) is 6.07 Å². The Bertz CT molecular complexity index is 520. The van der Waals surface area contributed by atoms with Crippen LogP contribution in [0.1, 0.15) is 18.9 Å². The van der Waals surface area contributed by atoms with Crippen LogP contribution in [0.4, 0.5) is 5.69 Å². The molecule has 0 aromatic heterocycles. The molecule has 1 aromatic carbocycles. The summed E-state index contributed by atoms with van der Waals surface area (Å²) in [5.41, 5.74) is 1.08. The first-order valence-electron chi connectivity index (χ1n) is 6.73. The Morgan fingerprint density at radius 1 is 1.55 bits per heavy atom. The minimum Gasteiger partial charge on any atom is -0.324 e. The number of hydrogen-bond acceptors (Lipinski definition) is 4. The van der Waals surface area contributed by atoms with E-state index in [9.17, 15) is 4.79 Å². The second kappa shape index (κ2) is 6.78. The monoisotopic (exact) mass is 289 g/mol. The van der Waals surface area contributed by atoms with Crippen LogP contribution < -0.4 is 5.32 Å². The second-order valence-corrected chi connectivity index (χ2v) is 6.16. The zero-order chi connectivity index (χ0) is 14.5. The van der Waals surface area contributed by atoms with E-state index in [1.807, 2.05) is 31.8 Å². The number of amides is 1. The van der Waals surface area contributed by atoms with Crippen LogP contribution in [-0.4, -0.2) is 41.4 Å². The number of nitriles is 1. The van der Waals surface area contributed by atoms with Crippen LogP contribution in [0.2, 0.25) is 0 Å². The maximum atomic E-state index is 12.3. The van der Waals surface area contributed by atoms with Crippen molar-refractivity contribution in [3.63, 3.8) is 0 Å². The number of nitrogens with zero attached hydrogens (tertiary/aromatic N) is 2. The van der Waals surface area contributed by atoms with Gasteiger partial charge in [0, 0.05) is 11.8 Å². The van der Waals surface area contributed by atoms with Crippen LogP contribution in [0.25, 0.3) is 0 Å². The van der Waals surface area contributed by atoms with E-state index in [4.69, 9.17) is 5.26 Å². The van der Waals surface area contributed by atoms with Crippen molar-refractivity contribution in [2.24, 2.45) is 0 Å². The van der Waals surface area contributed by atoms with Gasteiger partial charge in [0.15, 0.2) is 0 Å². The molecule has 1 aliphatic rings. The fourth-order valence-corrected chi connectivity index (χ4v) is 3.55. The third kappa shape index (κ3) is 3.33. The summed E-state index contributed by atoms with van der Waals surface area (Å²) < 4.78 is 0. The summed E-state index contributed by atoms with van der Waals surface area (Å²) in [4.78, 5) is 14.4. The Kier molecular flexibility index (Phi) is 5.05. The highest BCUT2D eigenvalue weighted by Gasteiger charge is 2.27. The van der Waals surface area contributed by atoms with Crippen molar-refractivity contribution >= 4 is 23.4 Å². The van der Waals surface area contributed by atoms with Gasteiger partial charge in [0.25, 0.3) is 0 Å². The van der Waals surface area contributed by atoms with Crippen LogP contribution in [0.5, 0.6) is 0 Å². The van der Waals surface area contributed by atoms with Crippen LogP contribution >= 0.6 is 11.8 Å². The summed E-state index contributed by atoms with van der Waals surface area (Å²) in [5.74, 6) is 2.19. The number of carbonyl (C=O) groups is 1. The molecule has 2 rings (SSSR count). The van der Waals surface area contributed by atoms with Crippen LogP contribution in [0.3, 0.4) is 0 Å². The average Bonchev–Trinajstić information content (AvgIpc) is 3.00. The van der Waals surface area contributed by atoms with E-state index in [1.54, 1.807) is 18.2 Å². The summed E-state index contributed by atoms with van der Waals surface area (Å²) in [5, 5.41) is 11.9. The number of thioether (sulfide) groups is 1. The van der Waals surface area contributed by atoms with Gasteiger partial charge in [-0.05, 0) is 38.3 Å². The van der Waals surface area contributed by atoms with E-state index >= 15 is 0 Å². The standard InChI is InChI=1S/C15H19N3OS/c1-11(18(2)13-7-8-20-10-13)15(19)17-14-6-4-3-5-12(14)9-16/h3-6,11,13H,7-8,10H2,1-2H3,(H,17,19). The number of rotatable bonds is 4. The molecule has 20 heavy (non-hydrogen) atoms. The molecule has 1 amide bonds. The van der Waals surface area contributed by atoms with Crippen molar-refractivity contribution < 1.29 is 4.79 Å². The minimum absolute atomic E-state index is 0.0629. The fraction of sp³-hybridized carbons (Fsp3) is 0.467. The van der Waals surface area contributed by atoms with Crippen LogP contribution in [0.15, 0.2) is 24.3 Å². The highest BCUT2D eigenvalue weighted by atomic mass is 32.2. The molecule has 0 bridgehead atoms. The molecule has 1 N–H and O–H groups in total. The Morgan fingerprint density at radius 2 is 2.30 bits per heavy atom. The maximum Gasteiger partial charge on any atom is 0.241 e. The molecule has 5 heteroatoms. The van der Waals surface area contributed by atoms with Crippen molar-refractivity contribution in [1.29, 1.82) is 5.26 Å². The van der Waals surface area contributed by atoms with E-state index in [1.165, 1.54) is 5.75 Å². The smallest absolute Gasteiger partial charge is 0.241 e. The molecule has 0 saturated carbocycles. The van der Waals surface area contributed by atoms with Crippen molar-refractivity contribution in [3.05, 3.63) is 29.8 Å². The number of anilines is 1. The topological polar surface area (TPSA) is 56.1 Å². The first-order chi connectivity index (χ1) is 9.63. The van der Waals surface area contributed by atoms with Crippen molar-refractivity contribution in [1.82, 2.24) is 4.90 Å². The quantitative estimate of drug-likeness (QED) is 0.924. The number of benzene rings is 1. The van der Waals surface area contributed by atoms with E-state index in [0.717, 1.165) is 12.2 Å². The molecule has 2 atom stereocenters. The summed E-state index contributed by atoms with van der Waals surface area (Å²) in [7, 11) is 2.00. The van der Waals surface area contributed by atoms with Crippen molar-refractivity contribution in [2.45, 2.75) is 25.4 Å². The van der Waals surface area contributed by atoms with Gasteiger partial charge in [0.05, 0.1) is 17.3 Å². The van der Waals surface area contributed by atoms with Gasteiger partial charge in [-0.3, -0.25) is 9.69 Å². The Labute approximate surface area is 124 Å². The minimum atomic E-state index is -0.203. The number of likely N-dealkylation sites (N-methyl/N-ethyl adjacent to an activating group) is 1. The first kappa shape index (κ1) is 14.9. The molecule has 2 unspecified atom stereocenters. The SMILES string of the molecule is CC(C(=O)Nc1ccccc1C#N)N(C)C1CCSC1. The molecule has 106 valence electrons. The van der Waals surface area contributed by atoms with Crippen LogP contribution in [0, 0.1) is 11.3 Å². The lowest BCUT2D eigenvalue weighted by Gasteiger charge is -2.29. The van der Waals surface area contributed by atoms with Gasteiger partial charge in [-0.15, -0.1) is 0 Å². The molecule has 4 nitrogen and oxygen atoms in total. The summed E-state index contributed by atoms with van der Waals surface area (Å²) in [6.45, 7) is 1.91. The summed E-state index contributed by atoms with van der Waals surface area (Å²) in [6, 6.07) is 9.43. The number of para-hydroxylation sites is 1. The molecular weight excluding hydrogens is 270 g/mol. The molecule has 0 spiro atoms. The Hall–Kier alpha value is -1.51. The second-order valence-electron chi connectivity index (χ2n) is 5.01. The molecule has 0 radical (unpaired) electrons. The maximum absolute atomic E-state index is 12.3. The molecule has 1 aliphatic heterocycles. The van der Waals surface area contributed by atoms with Crippen LogP contribution in [-0.2, 0) is 4.79 Å². The lowest BCUT2D eigenvalue weighted by molar-refractivity contribution is -0.120. The molecule has 1 heterocycles. The number of hydrogen-bond donors (Lipinski definition) is 1. The highest BCUT2D eigenvalue weighted by molar-refractivity contribution is 7.99. The third-order valence-electron chi connectivity index (χ3n) is 3.78. The lowest BCUT2D eigenvalue weighted by atomic mass is 10.1. The van der Waals surface area contributed by atoms with E-state index in [-0.39, 0.29) is 11.9 Å². The predicted octanol–water partition coefficient (Wildman–Crippen LogP) is 2.32. The number of carbonyl (C=O) groups excluding carboxylic acids is 1. The lowest BCUT2D eigenvalue weighted by Crippen LogP contribution is -2.45. The third-order valence-corrected chi connectivity index (χ3v) is 4.92. The molecule has 1 aromatic rings. The van der Waals surface area contributed by atoms with E-state index < -0.39 is 0 Å². The van der Waals surface area contributed by atoms with E-state index in [0.29, 0.717) is 17.3 Å². The Morgan fingerprint density at radius 3 is 2.95 bits per heavy atom. The van der Waals surface area contributed by atoms with Gasteiger partial charge in [-0.1, -0.05) is 12.1 Å². The van der Waals surface area contributed by atoms with E-state index in [2.05, 4.69) is 16.3 Å². The zero-order valence-electron chi connectivity index (χ0n) is 11.8. The molecular formula is C15H19N3OS. The normalized spacial score (nSPS) is 19.6. The number of nitrogens with one attached hydrogen (secondary N) is 1. The summed E-state index contributed by atoms with van der Waals surface area (Å²) in [6.07, 6.45) is 1.13. The fourth-order valence-electron chi connectivity index (χ4n) is 2.27. The highest BCUT2D eigenvalue weighted by Crippen LogP contribution is 2.23. The molecule has 1 saturated heterocycles. The van der Waals surface area contributed by atoms with Gasteiger partial charge < -0.3 is 5.32 Å². The van der Waals surface area contributed by atoms with Gasteiger partial charge >= 0.3 is 0 Å². The molecule has 1 fully saturated rings.